The number of likely N-dealkylation sites (N-methyl/N-ethyl adjacent to an activating group) is 1. The number of quaternary nitrogens is 1. The largest absolute Gasteiger partial charge is 0.481 e. The van der Waals surface area contributed by atoms with Crippen LogP contribution in [0.15, 0.2) is 12.7 Å². The van der Waals surface area contributed by atoms with Crippen LogP contribution in [-0.2, 0) is 9.59 Å². The quantitative estimate of drug-likeness (QED) is 0.354. The van der Waals surface area contributed by atoms with Crippen molar-refractivity contribution in [2.75, 3.05) is 33.7 Å². The predicted molar refractivity (Wildman–Crippen MR) is 66.5 cm³/mol. The Hall–Kier alpha value is -1.36. The summed E-state index contributed by atoms with van der Waals surface area (Å²) in [5, 5.41) is 11.2. The Bertz CT molecular complexity index is 275. The fraction of sp³-hybridized carbons (Fsp3) is 0.667. The summed E-state index contributed by atoms with van der Waals surface area (Å²) in [7, 11) is 4.14. The highest BCUT2D eigenvalue weighted by Gasteiger charge is 2.14. The third-order valence-electron chi connectivity index (χ3n) is 2.61. The summed E-state index contributed by atoms with van der Waals surface area (Å²) >= 11 is 0. The van der Waals surface area contributed by atoms with E-state index in [0.717, 1.165) is 24.0 Å². The van der Waals surface area contributed by atoms with Gasteiger partial charge in [-0.2, -0.15) is 0 Å². The van der Waals surface area contributed by atoms with E-state index in [1.165, 1.54) is 6.08 Å². The number of carbonyl (C=O) groups is 2. The first-order valence-electron chi connectivity index (χ1n) is 5.81. The highest BCUT2D eigenvalue weighted by molar-refractivity contribution is 5.86. The van der Waals surface area contributed by atoms with E-state index >= 15 is 0 Å². The molecule has 0 rings (SSSR count). The van der Waals surface area contributed by atoms with Gasteiger partial charge in [-0.05, 0) is 18.9 Å². The van der Waals surface area contributed by atoms with Gasteiger partial charge in [-0.25, -0.2) is 0 Å². The van der Waals surface area contributed by atoms with Gasteiger partial charge in [0.25, 0.3) is 0 Å². The van der Waals surface area contributed by atoms with Crippen LogP contribution < -0.4 is 5.32 Å². The van der Waals surface area contributed by atoms with Crippen molar-refractivity contribution in [1.82, 2.24) is 5.32 Å². The molecule has 17 heavy (non-hydrogen) atoms. The Morgan fingerprint density at radius 3 is 2.47 bits per heavy atom. The molecule has 1 amide bonds. The predicted octanol–water partition coefficient (Wildman–Crippen LogP) is 0.620. The molecule has 0 aliphatic heterocycles. The van der Waals surface area contributed by atoms with E-state index in [0.29, 0.717) is 13.0 Å². The van der Waals surface area contributed by atoms with Crippen LogP contribution in [0.4, 0.5) is 0 Å². The van der Waals surface area contributed by atoms with Crippen molar-refractivity contribution >= 4 is 11.9 Å². The Balaban J connectivity index is 3.68. The van der Waals surface area contributed by atoms with Gasteiger partial charge in [0.1, 0.15) is 0 Å². The first-order chi connectivity index (χ1) is 7.87. The van der Waals surface area contributed by atoms with Crippen molar-refractivity contribution in [2.45, 2.75) is 19.3 Å². The maximum absolute atomic E-state index is 10.9. The second kappa shape index (κ2) is 7.84. The molecule has 0 aliphatic rings. The second-order valence-electron chi connectivity index (χ2n) is 4.73. The minimum absolute atomic E-state index is 0.157. The minimum atomic E-state index is -0.742. The molecule has 0 bridgehead atoms. The normalized spacial score (nSPS) is 10.9. The van der Waals surface area contributed by atoms with Gasteiger partial charge in [-0.15, -0.1) is 0 Å². The fourth-order valence-corrected chi connectivity index (χ4v) is 1.48. The Morgan fingerprint density at radius 2 is 1.94 bits per heavy atom. The minimum Gasteiger partial charge on any atom is -0.481 e. The summed E-state index contributed by atoms with van der Waals surface area (Å²) in [5.41, 5.74) is 0. The van der Waals surface area contributed by atoms with E-state index in [-0.39, 0.29) is 12.3 Å². The van der Waals surface area contributed by atoms with Crippen LogP contribution >= 0.6 is 0 Å². The van der Waals surface area contributed by atoms with Gasteiger partial charge in [0.05, 0.1) is 33.7 Å². The van der Waals surface area contributed by atoms with Crippen molar-refractivity contribution < 1.29 is 19.2 Å². The van der Waals surface area contributed by atoms with Crippen molar-refractivity contribution in [1.29, 1.82) is 0 Å². The molecule has 0 aromatic carbocycles. The Kier molecular flexibility index (Phi) is 7.21. The second-order valence-corrected chi connectivity index (χ2v) is 4.73. The zero-order valence-electron chi connectivity index (χ0n) is 10.7. The first kappa shape index (κ1) is 15.6. The summed E-state index contributed by atoms with van der Waals surface area (Å²) in [4.78, 5) is 21.3. The third-order valence-corrected chi connectivity index (χ3v) is 2.61. The SMILES string of the molecule is C=CC(=O)NCC[N+](C)(C)CCCCC(=O)O. The molecule has 0 fully saturated rings. The highest BCUT2D eigenvalue weighted by atomic mass is 16.4. The Morgan fingerprint density at radius 1 is 1.29 bits per heavy atom. The van der Waals surface area contributed by atoms with Crippen LogP contribution in [0.2, 0.25) is 0 Å². The number of nitrogens with zero attached hydrogens (tertiary/aromatic N) is 1. The molecule has 0 unspecified atom stereocenters. The standard InChI is InChI=1S/C12H22N2O3/c1-4-11(15)13-8-10-14(2,3)9-6-5-7-12(16)17/h4H,1,5-10H2,2-3H3,(H-,13,15,16,17)/p+1. The van der Waals surface area contributed by atoms with E-state index in [1.807, 2.05) is 0 Å². The maximum atomic E-state index is 10.9. The molecule has 98 valence electrons. The molecule has 5 heteroatoms. The molecule has 2 N–H and O–H groups in total. The smallest absolute Gasteiger partial charge is 0.303 e. The summed E-state index contributed by atoms with van der Waals surface area (Å²) < 4.78 is 0.775. The summed E-state index contributed by atoms with van der Waals surface area (Å²) in [6, 6.07) is 0. The van der Waals surface area contributed by atoms with E-state index in [4.69, 9.17) is 5.11 Å². The monoisotopic (exact) mass is 243 g/mol. The van der Waals surface area contributed by atoms with E-state index in [9.17, 15) is 9.59 Å². The highest BCUT2D eigenvalue weighted by Crippen LogP contribution is 2.03. The van der Waals surface area contributed by atoms with Crippen LogP contribution in [-0.4, -0.2) is 55.2 Å². The first-order valence-corrected chi connectivity index (χ1v) is 5.81. The molecule has 0 atom stereocenters. The van der Waals surface area contributed by atoms with Gasteiger partial charge in [-0.3, -0.25) is 9.59 Å². The van der Waals surface area contributed by atoms with Crippen LogP contribution in [0.1, 0.15) is 19.3 Å². The van der Waals surface area contributed by atoms with Gasteiger partial charge < -0.3 is 14.9 Å². The Labute approximate surface area is 103 Å². The van der Waals surface area contributed by atoms with E-state index in [1.54, 1.807) is 0 Å². The van der Waals surface area contributed by atoms with Crippen LogP contribution in [0.3, 0.4) is 0 Å². The summed E-state index contributed by atoms with van der Waals surface area (Å²) in [6.07, 6.45) is 3.07. The van der Waals surface area contributed by atoms with Gasteiger partial charge in [-0.1, -0.05) is 6.58 Å². The number of aliphatic carboxylic acids is 1. The van der Waals surface area contributed by atoms with Crippen molar-refractivity contribution in [3.63, 3.8) is 0 Å². The third kappa shape index (κ3) is 9.56. The van der Waals surface area contributed by atoms with E-state index < -0.39 is 5.97 Å². The van der Waals surface area contributed by atoms with Crippen molar-refractivity contribution in [2.24, 2.45) is 0 Å². The van der Waals surface area contributed by atoms with Crippen molar-refractivity contribution in [3.8, 4) is 0 Å². The number of unbranched alkanes of at least 4 members (excludes halogenated alkanes) is 1. The van der Waals surface area contributed by atoms with Gasteiger partial charge in [0.15, 0.2) is 0 Å². The molecule has 0 spiro atoms. The molecule has 0 aromatic heterocycles. The van der Waals surface area contributed by atoms with Gasteiger partial charge in [0, 0.05) is 6.42 Å². The lowest BCUT2D eigenvalue weighted by Crippen LogP contribution is -2.45. The molecule has 0 aliphatic carbocycles. The van der Waals surface area contributed by atoms with E-state index in [2.05, 4.69) is 26.0 Å². The number of hydrogen-bond donors (Lipinski definition) is 2. The van der Waals surface area contributed by atoms with Crippen LogP contribution in [0.25, 0.3) is 0 Å². The zero-order chi connectivity index (χ0) is 13.3. The molecule has 0 heterocycles. The molecule has 0 aromatic rings. The molecular weight excluding hydrogens is 220 g/mol. The number of carboxylic acid groups (broad SMARTS) is 1. The molecular formula is C12H23N2O3+. The summed E-state index contributed by atoms with van der Waals surface area (Å²) in [5.74, 6) is -0.899. The average molecular weight is 243 g/mol. The topological polar surface area (TPSA) is 66.4 Å². The lowest BCUT2D eigenvalue weighted by atomic mass is 10.2. The zero-order valence-corrected chi connectivity index (χ0v) is 10.7. The molecule has 0 saturated heterocycles. The number of carboxylic acids is 1. The maximum Gasteiger partial charge on any atom is 0.303 e. The fourth-order valence-electron chi connectivity index (χ4n) is 1.48. The van der Waals surface area contributed by atoms with Gasteiger partial charge in [0.2, 0.25) is 5.91 Å². The number of amides is 1. The molecule has 5 nitrogen and oxygen atoms in total. The molecule has 0 saturated carbocycles. The lowest BCUT2D eigenvalue weighted by molar-refractivity contribution is -0.889. The van der Waals surface area contributed by atoms with Crippen LogP contribution in [0.5, 0.6) is 0 Å². The lowest BCUT2D eigenvalue weighted by Gasteiger charge is -2.29. The van der Waals surface area contributed by atoms with Gasteiger partial charge >= 0.3 is 5.97 Å². The summed E-state index contributed by atoms with van der Waals surface area (Å²) in [6.45, 7) is 5.73. The number of carbonyl (C=O) groups excluding carboxylic acids is 1. The number of hydrogen-bond acceptors (Lipinski definition) is 2. The van der Waals surface area contributed by atoms with Crippen molar-refractivity contribution in [3.05, 3.63) is 12.7 Å². The average Bonchev–Trinajstić information content (AvgIpc) is 2.23. The number of nitrogens with one attached hydrogen (secondary N) is 1. The number of rotatable bonds is 9. The molecule has 0 radical (unpaired) electrons. The van der Waals surface area contributed by atoms with Crippen LogP contribution in [0, 0.1) is 0 Å².